The van der Waals surface area contributed by atoms with E-state index in [0.717, 1.165) is 32.4 Å². The maximum atomic E-state index is 13.0. The number of anilines is 2. The van der Waals surface area contributed by atoms with E-state index in [1.165, 1.54) is 11.8 Å². The Morgan fingerprint density at radius 2 is 1.66 bits per heavy atom. The number of thiazole rings is 1. The third-order valence-electron chi connectivity index (χ3n) is 5.36. The van der Waals surface area contributed by atoms with Crippen molar-refractivity contribution in [1.29, 1.82) is 0 Å². The summed E-state index contributed by atoms with van der Waals surface area (Å²) in [6, 6.07) is 22.6. The van der Waals surface area contributed by atoms with Crippen LogP contribution in [0.25, 0.3) is 16.2 Å². The standard InChI is InChI=1S/C27H22N4O2S2/c1-18-6-10-20(11-7-18)28-25(32)17-35-24-5-3-2-4-22(24)26(33)29-21-12-8-19(9-13-21)23-16-31-14-15-34-27(31)30-23/h2-16H,17H2,1H3,(H,28,32)(H,29,33). The van der Waals surface area contributed by atoms with Crippen LogP contribution < -0.4 is 10.6 Å². The van der Waals surface area contributed by atoms with Crippen LogP contribution >= 0.6 is 23.1 Å². The Hall–Kier alpha value is -3.88. The summed E-state index contributed by atoms with van der Waals surface area (Å²) in [4.78, 5) is 31.7. The fraction of sp³-hybridized carbons (Fsp3) is 0.0741. The van der Waals surface area contributed by atoms with Gasteiger partial charge in [-0.05, 0) is 43.3 Å². The number of hydrogen-bond acceptors (Lipinski definition) is 5. The summed E-state index contributed by atoms with van der Waals surface area (Å²) < 4.78 is 1.99. The normalized spacial score (nSPS) is 10.9. The van der Waals surface area contributed by atoms with E-state index in [-0.39, 0.29) is 17.6 Å². The highest BCUT2D eigenvalue weighted by atomic mass is 32.2. The smallest absolute Gasteiger partial charge is 0.256 e. The van der Waals surface area contributed by atoms with Crippen molar-refractivity contribution in [3.8, 4) is 11.3 Å². The molecule has 0 radical (unpaired) electrons. The van der Waals surface area contributed by atoms with Gasteiger partial charge in [0.25, 0.3) is 5.91 Å². The fourth-order valence-corrected chi connectivity index (χ4v) is 5.10. The van der Waals surface area contributed by atoms with Gasteiger partial charge in [0.05, 0.1) is 17.0 Å². The molecule has 2 amide bonds. The van der Waals surface area contributed by atoms with E-state index in [4.69, 9.17) is 0 Å². The molecule has 5 aromatic rings. The summed E-state index contributed by atoms with van der Waals surface area (Å²) >= 11 is 2.92. The van der Waals surface area contributed by atoms with Gasteiger partial charge in [-0.25, -0.2) is 4.98 Å². The van der Waals surface area contributed by atoms with Gasteiger partial charge in [0, 0.05) is 39.6 Å². The molecule has 0 aliphatic carbocycles. The molecule has 6 nitrogen and oxygen atoms in total. The first-order valence-electron chi connectivity index (χ1n) is 11.0. The number of nitrogens with one attached hydrogen (secondary N) is 2. The number of aryl methyl sites for hydroxylation is 1. The molecule has 0 aliphatic heterocycles. The molecule has 174 valence electrons. The Balaban J connectivity index is 1.22. The molecule has 3 aromatic carbocycles. The second kappa shape index (κ2) is 10.2. The summed E-state index contributed by atoms with van der Waals surface area (Å²) in [5.41, 5.74) is 4.98. The van der Waals surface area contributed by atoms with Crippen LogP contribution in [-0.2, 0) is 4.79 Å². The molecule has 0 saturated carbocycles. The first kappa shape index (κ1) is 22.9. The predicted molar refractivity (Wildman–Crippen MR) is 143 cm³/mol. The van der Waals surface area contributed by atoms with Crippen molar-refractivity contribution in [3.63, 3.8) is 0 Å². The van der Waals surface area contributed by atoms with Gasteiger partial charge in [-0.1, -0.05) is 42.0 Å². The highest BCUT2D eigenvalue weighted by Gasteiger charge is 2.14. The lowest BCUT2D eigenvalue weighted by Gasteiger charge is -2.11. The van der Waals surface area contributed by atoms with Crippen LogP contribution in [0.2, 0.25) is 0 Å². The lowest BCUT2D eigenvalue weighted by molar-refractivity contribution is -0.113. The van der Waals surface area contributed by atoms with E-state index in [2.05, 4.69) is 15.6 Å². The predicted octanol–water partition coefficient (Wildman–Crippen LogP) is 6.35. The minimum absolute atomic E-state index is 0.121. The van der Waals surface area contributed by atoms with Crippen LogP contribution in [0.5, 0.6) is 0 Å². The zero-order chi connectivity index (χ0) is 24.2. The Bertz CT molecular complexity index is 1460. The summed E-state index contributed by atoms with van der Waals surface area (Å²) in [7, 11) is 0. The number of benzene rings is 3. The molecule has 0 fully saturated rings. The minimum atomic E-state index is -0.220. The van der Waals surface area contributed by atoms with E-state index < -0.39 is 0 Å². The zero-order valence-corrected chi connectivity index (χ0v) is 20.5. The van der Waals surface area contributed by atoms with Gasteiger partial charge in [-0.15, -0.1) is 23.1 Å². The van der Waals surface area contributed by atoms with Crippen molar-refractivity contribution in [2.75, 3.05) is 16.4 Å². The molecule has 0 aliphatic rings. The van der Waals surface area contributed by atoms with E-state index >= 15 is 0 Å². The third-order valence-corrected chi connectivity index (χ3v) is 7.20. The molecule has 2 aromatic heterocycles. The van der Waals surface area contributed by atoms with Gasteiger partial charge in [0.15, 0.2) is 4.96 Å². The highest BCUT2D eigenvalue weighted by Crippen LogP contribution is 2.26. The van der Waals surface area contributed by atoms with Crippen molar-refractivity contribution in [2.45, 2.75) is 11.8 Å². The molecule has 2 N–H and O–H groups in total. The van der Waals surface area contributed by atoms with Crippen LogP contribution in [-0.4, -0.2) is 27.0 Å². The van der Waals surface area contributed by atoms with Crippen molar-refractivity contribution in [3.05, 3.63) is 102 Å². The first-order valence-corrected chi connectivity index (χ1v) is 12.8. The molecule has 0 atom stereocenters. The number of hydrogen-bond donors (Lipinski definition) is 2. The average Bonchev–Trinajstić information content (AvgIpc) is 3.48. The van der Waals surface area contributed by atoms with Gasteiger partial charge in [0.1, 0.15) is 0 Å². The lowest BCUT2D eigenvalue weighted by atomic mass is 10.1. The van der Waals surface area contributed by atoms with Crippen LogP contribution in [0.1, 0.15) is 15.9 Å². The van der Waals surface area contributed by atoms with Crippen molar-refractivity contribution >= 4 is 51.2 Å². The van der Waals surface area contributed by atoms with E-state index in [9.17, 15) is 9.59 Å². The van der Waals surface area contributed by atoms with Gasteiger partial charge in [0.2, 0.25) is 5.91 Å². The number of carbonyl (C=O) groups is 2. The maximum Gasteiger partial charge on any atom is 0.256 e. The molecule has 5 rings (SSSR count). The number of carbonyl (C=O) groups excluding carboxylic acids is 2. The monoisotopic (exact) mass is 498 g/mol. The number of thioether (sulfide) groups is 1. The molecule has 35 heavy (non-hydrogen) atoms. The van der Waals surface area contributed by atoms with E-state index in [1.54, 1.807) is 17.4 Å². The maximum absolute atomic E-state index is 13.0. The summed E-state index contributed by atoms with van der Waals surface area (Å²) in [6.07, 6.45) is 3.97. The van der Waals surface area contributed by atoms with Crippen molar-refractivity contribution < 1.29 is 9.59 Å². The number of rotatable bonds is 7. The highest BCUT2D eigenvalue weighted by molar-refractivity contribution is 8.00. The summed E-state index contributed by atoms with van der Waals surface area (Å²) in [6.45, 7) is 2.00. The van der Waals surface area contributed by atoms with E-state index in [1.807, 2.05) is 95.8 Å². The van der Waals surface area contributed by atoms with Gasteiger partial charge < -0.3 is 10.6 Å². The Kier molecular flexibility index (Phi) is 6.65. The average molecular weight is 499 g/mol. The molecule has 2 heterocycles. The quantitative estimate of drug-likeness (QED) is 0.256. The second-order valence-corrected chi connectivity index (χ2v) is 9.84. The molecule has 8 heteroatoms. The molecule has 0 unspecified atom stereocenters. The van der Waals surface area contributed by atoms with Gasteiger partial charge in [-0.3, -0.25) is 14.0 Å². The number of imidazole rings is 1. The molecular formula is C27H22N4O2S2. The Morgan fingerprint density at radius 3 is 2.43 bits per heavy atom. The Morgan fingerprint density at radius 1 is 0.943 bits per heavy atom. The molecule has 0 bridgehead atoms. The molecular weight excluding hydrogens is 476 g/mol. The second-order valence-electron chi connectivity index (χ2n) is 7.95. The molecule has 0 spiro atoms. The van der Waals surface area contributed by atoms with E-state index in [0.29, 0.717) is 11.3 Å². The van der Waals surface area contributed by atoms with Gasteiger partial charge in [-0.2, -0.15) is 0 Å². The number of aromatic nitrogens is 2. The van der Waals surface area contributed by atoms with Crippen molar-refractivity contribution in [1.82, 2.24) is 9.38 Å². The third kappa shape index (κ3) is 5.45. The van der Waals surface area contributed by atoms with Crippen LogP contribution in [0.3, 0.4) is 0 Å². The van der Waals surface area contributed by atoms with Crippen molar-refractivity contribution in [2.24, 2.45) is 0 Å². The zero-order valence-electron chi connectivity index (χ0n) is 18.9. The minimum Gasteiger partial charge on any atom is -0.325 e. The lowest BCUT2D eigenvalue weighted by Crippen LogP contribution is -2.15. The van der Waals surface area contributed by atoms with Crippen LogP contribution in [0, 0.1) is 6.92 Å². The number of amides is 2. The fourth-order valence-electron chi connectivity index (χ4n) is 3.55. The SMILES string of the molecule is Cc1ccc(NC(=O)CSc2ccccc2C(=O)Nc2ccc(-c3cn4ccsc4n3)cc2)cc1. The van der Waals surface area contributed by atoms with Crippen LogP contribution in [0.15, 0.2) is 95.5 Å². The topological polar surface area (TPSA) is 75.5 Å². The van der Waals surface area contributed by atoms with Crippen LogP contribution in [0.4, 0.5) is 11.4 Å². The molecule has 0 saturated heterocycles. The van der Waals surface area contributed by atoms with Gasteiger partial charge >= 0.3 is 0 Å². The largest absolute Gasteiger partial charge is 0.325 e. The first-order chi connectivity index (χ1) is 17.0. The number of fused-ring (bicyclic) bond motifs is 1. The summed E-state index contributed by atoms with van der Waals surface area (Å²) in [5.74, 6) is -0.138. The Labute approximate surface area is 211 Å². The number of nitrogens with zero attached hydrogens (tertiary/aromatic N) is 2. The summed E-state index contributed by atoms with van der Waals surface area (Å²) in [5, 5.41) is 7.84.